The molecule has 168 valence electrons. The second-order valence-corrected chi connectivity index (χ2v) is 9.03. The van der Waals surface area contributed by atoms with Gasteiger partial charge in [-0.05, 0) is 53.2 Å². The molecule has 0 saturated heterocycles. The third-order valence-corrected chi connectivity index (χ3v) is 7.13. The fourth-order valence-corrected chi connectivity index (χ4v) is 5.67. The molecule has 0 aliphatic rings. The largest absolute Gasteiger partial charge is 0.309 e. The van der Waals surface area contributed by atoms with Gasteiger partial charge in [-0.25, -0.2) is 15.0 Å². The molecule has 0 atom stereocenters. The van der Waals surface area contributed by atoms with E-state index in [2.05, 4.69) is 127 Å². The predicted octanol–water partition coefficient (Wildman–Crippen LogP) is 7.22. The fourth-order valence-electron chi connectivity index (χ4n) is 5.67. The highest BCUT2D eigenvalue weighted by Crippen LogP contribution is 2.42. The number of fused-ring (bicyclic) bond motifs is 8. The SMILES string of the molecule is c1ccc(-n2c3cc4ccccc4cc3c3c4c5ccccc5n(-c5ncncn5)c4ccc32)cc1. The Balaban J connectivity index is 1.65. The first kappa shape index (κ1) is 19.3. The average molecular weight is 462 g/mol. The van der Waals surface area contributed by atoms with Gasteiger partial charge in [0, 0.05) is 27.2 Å². The van der Waals surface area contributed by atoms with E-state index in [0.29, 0.717) is 5.95 Å². The van der Waals surface area contributed by atoms with Crippen LogP contribution < -0.4 is 0 Å². The molecule has 3 aromatic heterocycles. The standard InChI is InChI=1S/C31H19N5/c1-2-10-22(11-3-1)35-26-14-15-27-29(30(26)24-16-20-8-4-5-9-21(20)17-28(24)35)23-12-6-7-13-25(23)36(27)31-33-18-32-19-34-31/h1-19H. The minimum absolute atomic E-state index is 0.618. The lowest BCUT2D eigenvalue weighted by atomic mass is 10.0. The Kier molecular flexibility index (Phi) is 3.88. The summed E-state index contributed by atoms with van der Waals surface area (Å²) in [6, 6.07) is 36.8. The van der Waals surface area contributed by atoms with Crippen molar-refractivity contribution in [3.8, 4) is 11.6 Å². The monoisotopic (exact) mass is 461 g/mol. The number of nitrogens with zero attached hydrogens (tertiary/aromatic N) is 5. The van der Waals surface area contributed by atoms with E-state index < -0.39 is 0 Å². The van der Waals surface area contributed by atoms with Crippen molar-refractivity contribution in [2.24, 2.45) is 0 Å². The van der Waals surface area contributed by atoms with Crippen molar-refractivity contribution in [1.29, 1.82) is 0 Å². The van der Waals surface area contributed by atoms with Crippen molar-refractivity contribution in [3.05, 3.63) is 116 Å². The van der Waals surface area contributed by atoms with Crippen LogP contribution in [0.25, 0.3) is 66.0 Å². The van der Waals surface area contributed by atoms with E-state index in [1.165, 1.54) is 43.4 Å². The van der Waals surface area contributed by atoms with E-state index in [1.54, 1.807) is 12.7 Å². The molecular weight excluding hydrogens is 442 g/mol. The number of hydrogen-bond acceptors (Lipinski definition) is 3. The van der Waals surface area contributed by atoms with Gasteiger partial charge in [0.05, 0.1) is 22.1 Å². The number of rotatable bonds is 2. The highest BCUT2D eigenvalue weighted by Gasteiger charge is 2.21. The molecule has 5 nitrogen and oxygen atoms in total. The lowest BCUT2D eigenvalue weighted by Crippen LogP contribution is -2.00. The van der Waals surface area contributed by atoms with Gasteiger partial charge in [0.1, 0.15) is 12.7 Å². The third-order valence-electron chi connectivity index (χ3n) is 7.13. The van der Waals surface area contributed by atoms with Gasteiger partial charge in [0.2, 0.25) is 5.95 Å². The van der Waals surface area contributed by atoms with Crippen LogP contribution >= 0.6 is 0 Å². The Morgan fingerprint density at radius 2 is 1.11 bits per heavy atom. The Bertz CT molecular complexity index is 2090. The molecule has 0 fully saturated rings. The molecule has 0 bridgehead atoms. The topological polar surface area (TPSA) is 48.5 Å². The lowest BCUT2D eigenvalue weighted by molar-refractivity contribution is 0.940. The summed E-state index contributed by atoms with van der Waals surface area (Å²) in [4.78, 5) is 13.0. The first-order chi connectivity index (χ1) is 17.9. The Hall–Kier alpha value is -5.03. The van der Waals surface area contributed by atoms with Gasteiger partial charge in [-0.2, -0.15) is 0 Å². The summed E-state index contributed by atoms with van der Waals surface area (Å²) in [5, 5.41) is 7.32. The van der Waals surface area contributed by atoms with Gasteiger partial charge < -0.3 is 4.57 Å². The Labute approximate surface area is 205 Å². The summed E-state index contributed by atoms with van der Waals surface area (Å²) in [7, 11) is 0. The van der Waals surface area contributed by atoms with E-state index >= 15 is 0 Å². The normalized spacial score (nSPS) is 11.9. The van der Waals surface area contributed by atoms with Crippen molar-refractivity contribution in [2.45, 2.75) is 0 Å². The zero-order valence-electron chi connectivity index (χ0n) is 19.2. The smallest absolute Gasteiger partial charge is 0.237 e. The van der Waals surface area contributed by atoms with Crippen molar-refractivity contribution in [3.63, 3.8) is 0 Å². The Morgan fingerprint density at radius 3 is 1.92 bits per heavy atom. The predicted molar refractivity (Wildman–Crippen MR) is 146 cm³/mol. The average Bonchev–Trinajstić information content (AvgIpc) is 3.45. The summed E-state index contributed by atoms with van der Waals surface area (Å²) in [6.45, 7) is 0. The number of hydrogen-bond donors (Lipinski definition) is 0. The molecule has 0 radical (unpaired) electrons. The number of aromatic nitrogens is 5. The van der Waals surface area contributed by atoms with Crippen molar-refractivity contribution < 1.29 is 0 Å². The van der Waals surface area contributed by atoms with E-state index in [4.69, 9.17) is 0 Å². The number of benzene rings is 5. The van der Waals surface area contributed by atoms with Gasteiger partial charge in [0.25, 0.3) is 0 Å². The third kappa shape index (κ3) is 2.57. The summed E-state index contributed by atoms with van der Waals surface area (Å²) >= 11 is 0. The molecule has 0 N–H and O–H groups in total. The van der Waals surface area contributed by atoms with Crippen LogP contribution in [0.3, 0.4) is 0 Å². The van der Waals surface area contributed by atoms with Crippen molar-refractivity contribution >= 4 is 54.4 Å². The molecule has 0 aliphatic carbocycles. The summed E-state index contributed by atoms with van der Waals surface area (Å²) in [5.74, 6) is 0.618. The minimum Gasteiger partial charge on any atom is -0.309 e. The summed E-state index contributed by atoms with van der Waals surface area (Å²) in [5.41, 5.74) is 5.67. The van der Waals surface area contributed by atoms with Crippen LogP contribution in [-0.4, -0.2) is 24.1 Å². The van der Waals surface area contributed by atoms with Crippen LogP contribution in [0.2, 0.25) is 0 Å². The molecule has 0 aliphatic heterocycles. The molecule has 5 heteroatoms. The molecule has 0 unspecified atom stereocenters. The zero-order valence-corrected chi connectivity index (χ0v) is 19.2. The van der Waals surface area contributed by atoms with E-state index in [9.17, 15) is 0 Å². The first-order valence-electron chi connectivity index (χ1n) is 12.0. The van der Waals surface area contributed by atoms with Crippen LogP contribution in [0, 0.1) is 0 Å². The van der Waals surface area contributed by atoms with Crippen LogP contribution in [0.4, 0.5) is 0 Å². The van der Waals surface area contributed by atoms with Crippen LogP contribution in [0.1, 0.15) is 0 Å². The maximum atomic E-state index is 4.49. The minimum atomic E-state index is 0.618. The van der Waals surface area contributed by atoms with E-state index in [0.717, 1.165) is 16.7 Å². The van der Waals surface area contributed by atoms with Gasteiger partial charge >= 0.3 is 0 Å². The Morgan fingerprint density at radius 1 is 0.472 bits per heavy atom. The van der Waals surface area contributed by atoms with Gasteiger partial charge in [-0.1, -0.05) is 60.7 Å². The van der Waals surface area contributed by atoms with Crippen LogP contribution in [0.15, 0.2) is 116 Å². The maximum absolute atomic E-state index is 4.49. The molecule has 36 heavy (non-hydrogen) atoms. The molecular formula is C31H19N5. The molecule has 0 spiro atoms. The molecule has 8 aromatic rings. The highest BCUT2D eigenvalue weighted by molar-refractivity contribution is 6.29. The van der Waals surface area contributed by atoms with Gasteiger partial charge in [-0.15, -0.1) is 0 Å². The van der Waals surface area contributed by atoms with Gasteiger partial charge in [-0.3, -0.25) is 4.57 Å². The van der Waals surface area contributed by atoms with Crippen LogP contribution in [-0.2, 0) is 0 Å². The molecule has 0 amide bonds. The molecule has 0 saturated carbocycles. The fraction of sp³-hybridized carbons (Fsp3) is 0. The van der Waals surface area contributed by atoms with Gasteiger partial charge in [0.15, 0.2) is 0 Å². The lowest BCUT2D eigenvalue weighted by Gasteiger charge is -2.08. The molecule has 8 rings (SSSR count). The van der Waals surface area contributed by atoms with E-state index in [1.807, 2.05) is 0 Å². The summed E-state index contributed by atoms with van der Waals surface area (Å²) in [6.07, 6.45) is 3.10. The number of para-hydroxylation sites is 2. The zero-order chi connectivity index (χ0) is 23.6. The highest BCUT2D eigenvalue weighted by atomic mass is 15.2. The van der Waals surface area contributed by atoms with Crippen molar-refractivity contribution in [1.82, 2.24) is 24.1 Å². The van der Waals surface area contributed by atoms with E-state index in [-0.39, 0.29) is 0 Å². The quantitative estimate of drug-likeness (QED) is 0.273. The molecule has 5 aromatic carbocycles. The second kappa shape index (κ2) is 7.23. The summed E-state index contributed by atoms with van der Waals surface area (Å²) < 4.78 is 4.52. The van der Waals surface area contributed by atoms with Crippen molar-refractivity contribution in [2.75, 3.05) is 0 Å². The second-order valence-electron chi connectivity index (χ2n) is 9.03. The maximum Gasteiger partial charge on any atom is 0.237 e. The van der Waals surface area contributed by atoms with Crippen LogP contribution in [0.5, 0.6) is 0 Å². The first-order valence-corrected chi connectivity index (χ1v) is 12.0. The molecule has 3 heterocycles.